The molecular weight excluding hydrogens is 217 g/mol. The topological polar surface area (TPSA) is 9.23 Å². The van der Waals surface area contributed by atoms with E-state index < -0.39 is 24.3 Å². The minimum Gasteiger partial charge on any atom is -0.375 e. The van der Waals surface area contributed by atoms with Gasteiger partial charge in [0, 0.05) is 13.5 Å². The maximum atomic E-state index is 13.7. The minimum absolute atomic E-state index is 0.241. The maximum Gasteiger partial charge on any atom is 0.277 e. The number of ether oxygens (including phenoxy) is 1. The summed E-state index contributed by atoms with van der Waals surface area (Å²) in [6.45, 7) is 1.65. The monoisotopic (exact) mass is 232 g/mol. The van der Waals surface area contributed by atoms with Crippen LogP contribution in [0.1, 0.15) is 18.9 Å². The molecule has 1 atom stereocenters. The molecule has 0 spiro atoms. The van der Waals surface area contributed by atoms with E-state index in [4.69, 9.17) is 4.74 Å². The lowest BCUT2D eigenvalue weighted by molar-refractivity contribution is -0.124. The molecule has 0 fully saturated rings. The van der Waals surface area contributed by atoms with Gasteiger partial charge in [0.2, 0.25) is 0 Å². The first-order valence-electron chi connectivity index (χ1n) is 5.14. The first-order valence-corrected chi connectivity index (χ1v) is 5.14. The van der Waals surface area contributed by atoms with Crippen LogP contribution in [0.2, 0.25) is 0 Å². The van der Waals surface area contributed by atoms with Gasteiger partial charge in [-0.25, -0.2) is 13.2 Å². The summed E-state index contributed by atoms with van der Waals surface area (Å²) in [6, 6.07) is 5.09. The molecule has 0 amide bonds. The van der Waals surface area contributed by atoms with Crippen molar-refractivity contribution in [3.63, 3.8) is 0 Å². The summed E-state index contributed by atoms with van der Waals surface area (Å²) < 4.78 is 44.6. The van der Waals surface area contributed by atoms with Crippen LogP contribution in [0.4, 0.5) is 13.2 Å². The highest BCUT2D eigenvalue weighted by Crippen LogP contribution is 2.27. The van der Waals surface area contributed by atoms with Crippen molar-refractivity contribution in [3.8, 4) is 0 Å². The van der Waals surface area contributed by atoms with Gasteiger partial charge < -0.3 is 4.74 Å². The van der Waals surface area contributed by atoms with Gasteiger partial charge >= 0.3 is 0 Å². The van der Waals surface area contributed by atoms with Gasteiger partial charge in [-0.2, -0.15) is 0 Å². The van der Waals surface area contributed by atoms with Crippen LogP contribution >= 0.6 is 0 Å². The SMILES string of the molecule is CCC(OC)C(F)(F)Cc1ccc(F)cc1. The summed E-state index contributed by atoms with van der Waals surface area (Å²) in [5.41, 5.74) is 0.405. The molecule has 0 aliphatic rings. The second-order valence-corrected chi connectivity index (χ2v) is 3.70. The Labute approximate surface area is 93.2 Å². The van der Waals surface area contributed by atoms with Crippen LogP contribution < -0.4 is 0 Å². The summed E-state index contributed by atoms with van der Waals surface area (Å²) in [5, 5.41) is 0. The van der Waals surface area contributed by atoms with Crippen molar-refractivity contribution in [2.75, 3.05) is 7.11 Å². The lowest BCUT2D eigenvalue weighted by Crippen LogP contribution is -2.36. The van der Waals surface area contributed by atoms with Crippen molar-refractivity contribution >= 4 is 0 Å². The van der Waals surface area contributed by atoms with Crippen molar-refractivity contribution < 1.29 is 17.9 Å². The highest BCUT2D eigenvalue weighted by Gasteiger charge is 2.38. The second kappa shape index (κ2) is 5.34. The summed E-state index contributed by atoms with van der Waals surface area (Å²) in [7, 11) is 1.27. The highest BCUT2D eigenvalue weighted by molar-refractivity contribution is 5.17. The number of benzene rings is 1. The third kappa shape index (κ3) is 3.23. The lowest BCUT2D eigenvalue weighted by Gasteiger charge is -2.24. The molecule has 16 heavy (non-hydrogen) atoms. The normalized spacial score (nSPS) is 13.8. The molecule has 1 aromatic rings. The van der Waals surface area contributed by atoms with Crippen molar-refractivity contribution in [2.24, 2.45) is 0 Å². The fraction of sp³-hybridized carbons (Fsp3) is 0.500. The molecule has 0 saturated heterocycles. The van der Waals surface area contributed by atoms with Crippen LogP contribution in [-0.2, 0) is 11.2 Å². The zero-order valence-electron chi connectivity index (χ0n) is 9.34. The Kier molecular flexibility index (Phi) is 4.35. The average molecular weight is 232 g/mol. The predicted octanol–water partition coefficient (Wildman–Crippen LogP) is 3.43. The summed E-state index contributed by atoms with van der Waals surface area (Å²) in [6.07, 6.45) is -1.29. The van der Waals surface area contributed by atoms with E-state index in [1.807, 2.05) is 0 Å². The molecule has 1 unspecified atom stereocenters. The van der Waals surface area contributed by atoms with Crippen molar-refractivity contribution in [1.29, 1.82) is 0 Å². The first kappa shape index (κ1) is 13.0. The van der Waals surface area contributed by atoms with Crippen LogP contribution in [0, 0.1) is 5.82 Å². The predicted molar refractivity (Wildman–Crippen MR) is 56.1 cm³/mol. The van der Waals surface area contributed by atoms with E-state index in [1.54, 1.807) is 6.92 Å². The molecule has 0 aliphatic carbocycles. The molecule has 4 heteroatoms. The molecule has 0 heterocycles. The van der Waals surface area contributed by atoms with E-state index >= 15 is 0 Å². The highest BCUT2D eigenvalue weighted by atomic mass is 19.3. The standard InChI is InChI=1S/C12H15F3O/c1-3-11(16-2)12(14,15)8-9-4-6-10(13)7-5-9/h4-7,11H,3,8H2,1-2H3. The van der Waals surface area contributed by atoms with E-state index in [2.05, 4.69) is 0 Å². The van der Waals surface area contributed by atoms with Crippen molar-refractivity contribution in [2.45, 2.75) is 31.8 Å². The van der Waals surface area contributed by atoms with Gasteiger partial charge in [-0.1, -0.05) is 19.1 Å². The molecular formula is C12H15F3O. The van der Waals surface area contributed by atoms with E-state index in [-0.39, 0.29) is 6.42 Å². The Morgan fingerprint density at radius 2 is 1.81 bits per heavy atom. The van der Waals surface area contributed by atoms with Crippen molar-refractivity contribution in [3.05, 3.63) is 35.6 Å². The summed E-state index contributed by atoms with van der Waals surface area (Å²) >= 11 is 0. The van der Waals surface area contributed by atoms with Gasteiger partial charge in [-0.05, 0) is 24.1 Å². The Bertz CT molecular complexity index is 318. The van der Waals surface area contributed by atoms with Crippen molar-refractivity contribution in [1.82, 2.24) is 0 Å². The lowest BCUT2D eigenvalue weighted by atomic mass is 10.0. The molecule has 0 saturated carbocycles. The molecule has 90 valence electrons. The quantitative estimate of drug-likeness (QED) is 0.755. The van der Waals surface area contributed by atoms with E-state index in [9.17, 15) is 13.2 Å². The van der Waals surface area contributed by atoms with Gasteiger partial charge in [0.1, 0.15) is 11.9 Å². The van der Waals surface area contributed by atoms with Gasteiger partial charge in [-0.3, -0.25) is 0 Å². The Morgan fingerprint density at radius 1 is 1.25 bits per heavy atom. The molecule has 0 N–H and O–H groups in total. The Hall–Kier alpha value is -1.03. The van der Waals surface area contributed by atoms with Crippen LogP contribution in [0.15, 0.2) is 24.3 Å². The summed E-state index contributed by atoms with van der Waals surface area (Å²) in [5.74, 6) is -3.35. The van der Waals surface area contributed by atoms with E-state index in [1.165, 1.54) is 31.4 Å². The third-order valence-corrected chi connectivity index (χ3v) is 2.48. The van der Waals surface area contributed by atoms with E-state index in [0.29, 0.717) is 5.56 Å². The third-order valence-electron chi connectivity index (χ3n) is 2.48. The van der Waals surface area contributed by atoms with Crippen LogP contribution in [-0.4, -0.2) is 19.1 Å². The summed E-state index contributed by atoms with van der Waals surface area (Å²) in [4.78, 5) is 0. The smallest absolute Gasteiger partial charge is 0.277 e. The number of alkyl halides is 2. The van der Waals surface area contributed by atoms with Crippen LogP contribution in [0.5, 0.6) is 0 Å². The number of methoxy groups -OCH3 is 1. The number of hydrogen-bond donors (Lipinski definition) is 0. The number of halogens is 3. The van der Waals surface area contributed by atoms with Gasteiger partial charge in [0.05, 0.1) is 0 Å². The molecule has 0 bridgehead atoms. The molecule has 1 nitrogen and oxygen atoms in total. The maximum absolute atomic E-state index is 13.7. The van der Waals surface area contributed by atoms with Gasteiger partial charge in [0.15, 0.2) is 0 Å². The number of hydrogen-bond acceptors (Lipinski definition) is 1. The average Bonchev–Trinajstić information content (AvgIpc) is 2.22. The minimum atomic E-state index is -2.93. The van der Waals surface area contributed by atoms with Gasteiger partial charge in [0.25, 0.3) is 5.92 Å². The second-order valence-electron chi connectivity index (χ2n) is 3.70. The molecule has 0 aromatic heterocycles. The molecule has 0 radical (unpaired) electrons. The Balaban J connectivity index is 2.75. The van der Waals surface area contributed by atoms with Gasteiger partial charge in [-0.15, -0.1) is 0 Å². The molecule has 1 aromatic carbocycles. The zero-order chi connectivity index (χ0) is 12.2. The number of rotatable bonds is 5. The largest absolute Gasteiger partial charge is 0.375 e. The zero-order valence-corrected chi connectivity index (χ0v) is 9.34. The Morgan fingerprint density at radius 3 is 2.25 bits per heavy atom. The fourth-order valence-electron chi connectivity index (χ4n) is 1.63. The molecule has 1 rings (SSSR count). The fourth-order valence-corrected chi connectivity index (χ4v) is 1.63. The van der Waals surface area contributed by atoms with Crippen LogP contribution in [0.25, 0.3) is 0 Å². The van der Waals surface area contributed by atoms with Crippen LogP contribution in [0.3, 0.4) is 0 Å². The first-order chi connectivity index (χ1) is 7.49. The van der Waals surface area contributed by atoms with E-state index in [0.717, 1.165) is 0 Å². The molecule has 0 aliphatic heterocycles.